The number of carboxylic acid groups (broad SMARTS) is 1. The number of hydrogen-bond acceptors (Lipinski definition) is 4. The molecule has 0 fully saturated rings. The van der Waals surface area contributed by atoms with Crippen LogP contribution in [0.4, 0.5) is 8.78 Å². The molecule has 0 aliphatic carbocycles. The Labute approximate surface area is 143 Å². The first-order valence-electron chi connectivity index (χ1n) is 7.16. The highest BCUT2D eigenvalue weighted by atomic mass is 32.1. The lowest BCUT2D eigenvalue weighted by atomic mass is 10.1. The van der Waals surface area contributed by atoms with Crippen LogP contribution >= 0.6 is 11.3 Å². The van der Waals surface area contributed by atoms with E-state index in [-0.39, 0.29) is 5.69 Å². The third kappa shape index (κ3) is 2.66. The van der Waals surface area contributed by atoms with Crippen molar-refractivity contribution in [3.63, 3.8) is 0 Å². The average molecular weight is 357 g/mol. The summed E-state index contributed by atoms with van der Waals surface area (Å²) >= 11 is 1.12. The van der Waals surface area contributed by atoms with Crippen molar-refractivity contribution in [3.8, 4) is 16.4 Å². The molecule has 0 unspecified atom stereocenters. The summed E-state index contributed by atoms with van der Waals surface area (Å²) < 4.78 is 28.6. The van der Waals surface area contributed by atoms with Crippen molar-refractivity contribution < 1.29 is 18.7 Å². The molecule has 4 rings (SSSR count). The molecular formula is C17H9F2N3O2S. The number of halogens is 2. The Morgan fingerprint density at radius 2 is 1.84 bits per heavy atom. The maximum atomic E-state index is 13.6. The van der Waals surface area contributed by atoms with Crippen LogP contribution in [0.2, 0.25) is 0 Å². The number of rotatable bonds is 3. The van der Waals surface area contributed by atoms with E-state index in [0.717, 1.165) is 17.4 Å². The van der Waals surface area contributed by atoms with Crippen molar-refractivity contribution in [1.82, 2.24) is 14.8 Å². The van der Waals surface area contributed by atoms with Crippen LogP contribution in [0.1, 0.15) is 10.5 Å². The summed E-state index contributed by atoms with van der Waals surface area (Å²) in [6, 6.07) is 10.3. The zero-order chi connectivity index (χ0) is 17.6. The predicted molar refractivity (Wildman–Crippen MR) is 89.1 cm³/mol. The van der Waals surface area contributed by atoms with Gasteiger partial charge in [0.25, 0.3) is 0 Å². The minimum Gasteiger partial charge on any atom is -0.476 e. The standard InChI is InChI=1S/C17H9F2N3O2S/c18-10-5-9(6-11(19)7-10)15-12-3-1-2-4-14(12)22(21-15)17-20-13(8-25-17)16(23)24/h1-8H,(H,23,24). The monoisotopic (exact) mass is 357 g/mol. The Morgan fingerprint density at radius 3 is 2.52 bits per heavy atom. The van der Waals surface area contributed by atoms with Crippen molar-refractivity contribution in [2.24, 2.45) is 0 Å². The van der Waals surface area contributed by atoms with Gasteiger partial charge in [0.1, 0.15) is 17.3 Å². The molecule has 124 valence electrons. The number of nitrogens with zero attached hydrogens (tertiary/aromatic N) is 3. The summed E-state index contributed by atoms with van der Waals surface area (Å²) in [6.07, 6.45) is 0. The topological polar surface area (TPSA) is 68.0 Å². The minimum atomic E-state index is -1.13. The van der Waals surface area contributed by atoms with Crippen LogP contribution in [-0.4, -0.2) is 25.8 Å². The highest BCUT2D eigenvalue weighted by Gasteiger charge is 2.17. The maximum absolute atomic E-state index is 13.6. The molecule has 0 aliphatic heterocycles. The molecule has 25 heavy (non-hydrogen) atoms. The number of carboxylic acids is 1. The fourth-order valence-electron chi connectivity index (χ4n) is 2.58. The molecule has 0 bridgehead atoms. The second kappa shape index (κ2) is 5.75. The van der Waals surface area contributed by atoms with Crippen molar-refractivity contribution in [2.45, 2.75) is 0 Å². The molecule has 5 nitrogen and oxygen atoms in total. The number of carbonyl (C=O) groups is 1. The van der Waals surface area contributed by atoms with E-state index >= 15 is 0 Å². The van der Waals surface area contributed by atoms with E-state index in [1.54, 1.807) is 24.3 Å². The van der Waals surface area contributed by atoms with Crippen molar-refractivity contribution in [2.75, 3.05) is 0 Å². The molecule has 2 aromatic heterocycles. The van der Waals surface area contributed by atoms with E-state index in [9.17, 15) is 13.6 Å². The molecule has 0 spiro atoms. The number of aromatic carboxylic acids is 1. The zero-order valence-corrected chi connectivity index (χ0v) is 13.3. The Hall–Kier alpha value is -3.13. The molecule has 4 aromatic rings. The van der Waals surface area contributed by atoms with E-state index in [0.29, 0.717) is 27.3 Å². The van der Waals surface area contributed by atoms with Crippen molar-refractivity contribution in [1.29, 1.82) is 0 Å². The minimum absolute atomic E-state index is 0.0852. The Kier molecular flexibility index (Phi) is 3.54. The lowest BCUT2D eigenvalue weighted by molar-refractivity contribution is 0.0691. The van der Waals surface area contributed by atoms with Crippen LogP contribution in [0.25, 0.3) is 27.3 Å². The summed E-state index contributed by atoms with van der Waals surface area (Å²) in [5, 5.41) is 15.9. The van der Waals surface area contributed by atoms with Crippen LogP contribution in [-0.2, 0) is 0 Å². The summed E-state index contributed by atoms with van der Waals surface area (Å²) in [4.78, 5) is 15.1. The smallest absolute Gasteiger partial charge is 0.355 e. The van der Waals surface area contributed by atoms with Crippen LogP contribution in [0.3, 0.4) is 0 Å². The van der Waals surface area contributed by atoms with Crippen molar-refractivity contribution in [3.05, 3.63) is 65.2 Å². The molecule has 0 atom stereocenters. The third-order valence-corrected chi connectivity index (χ3v) is 4.43. The van der Waals surface area contributed by atoms with Gasteiger partial charge in [-0.3, -0.25) is 0 Å². The second-order valence-electron chi connectivity index (χ2n) is 5.26. The molecule has 0 amide bonds. The quantitative estimate of drug-likeness (QED) is 0.599. The van der Waals surface area contributed by atoms with E-state index in [1.165, 1.54) is 22.2 Å². The lowest BCUT2D eigenvalue weighted by Crippen LogP contribution is -2.00. The molecule has 0 saturated heterocycles. The van der Waals surface area contributed by atoms with Gasteiger partial charge < -0.3 is 5.11 Å². The highest BCUT2D eigenvalue weighted by Crippen LogP contribution is 2.31. The normalized spacial score (nSPS) is 11.1. The van der Waals surface area contributed by atoms with Gasteiger partial charge in [-0.25, -0.2) is 23.2 Å². The SMILES string of the molecule is O=C(O)c1csc(-n2nc(-c3cc(F)cc(F)c3)c3ccccc32)n1. The Balaban J connectivity index is 1.96. The predicted octanol–water partition coefficient (Wildman–Crippen LogP) is 4.13. The average Bonchev–Trinajstić information content (AvgIpc) is 3.18. The molecule has 2 aromatic carbocycles. The van der Waals surface area contributed by atoms with Gasteiger partial charge in [0.05, 0.1) is 5.52 Å². The first kappa shape index (κ1) is 15.4. The second-order valence-corrected chi connectivity index (χ2v) is 6.09. The fraction of sp³-hybridized carbons (Fsp3) is 0. The van der Waals surface area contributed by atoms with Gasteiger partial charge in [0, 0.05) is 22.4 Å². The van der Waals surface area contributed by atoms with E-state index in [1.807, 2.05) is 0 Å². The number of aromatic nitrogens is 3. The van der Waals surface area contributed by atoms with Gasteiger partial charge >= 0.3 is 5.97 Å². The molecule has 1 N–H and O–H groups in total. The van der Waals surface area contributed by atoms with Gasteiger partial charge in [-0.05, 0) is 18.2 Å². The van der Waals surface area contributed by atoms with Crippen LogP contribution in [0.15, 0.2) is 47.8 Å². The molecule has 8 heteroatoms. The molecule has 0 aliphatic rings. The van der Waals surface area contributed by atoms with Gasteiger partial charge in [-0.2, -0.15) is 5.10 Å². The van der Waals surface area contributed by atoms with Gasteiger partial charge in [-0.1, -0.05) is 18.2 Å². The number of hydrogen-bond donors (Lipinski definition) is 1. The molecule has 0 radical (unpaired) electrons. The molecular weight excluding hydrogens is 348 g/mol. The lowest BCUT2D eigenvalue weighted by Gasteiger charge is -1.99. The Morgan fingerprint density at radius 1 is 1.12 bits per heavy atom. The Bertz CT molecular complexity index is 1100. The summed E-state index contributed by atoms with van der Waals surface area (Å²) in [5.41, 5.74) is 1.26. The molecule has 0 saturated carbocycles. The van der Waals surface area contributed by atoms with Gasteiger partial charge in [0.2, 0.25) is 5.13 Å². The number of para-hydroxylation sites is 1. The van der Waals surface area contributed by atoms with Crippen molar-refractivity contribution >= 4 is 28.2 Å². The summed E-state index contributed by atoms with van der Waals surface area (Å²) in [5.74, 6) is -2.53. The number of fused-ring (bicyclic) bond motifs is 1. The van der Waals surface area contributed by atoms with Gasteiger partial charge in [0.15, 0.2) is 5.69 Å². The fourth-order valence-corrected chi connectivity index (χ4v) is 3.34. The van der Waals surface area contributed by atoms with Gasteiger partial charge in [-0.15, -0.1) is 11.3 Å². The largest absolute Gasteiger partial charge is 0.476 e. The van der Waals surface area contributed by atoms with Crippen LogP contribution in [0, 0.1) is 11.6 Å². The van der Waals surface area contributed by atoms with Crippen LogP contribution in [0.5, 0.6) is 0 Å². The van der Waals surface area contributed by atoms with Crippen LogP contribution < -0.4 is 0 Å². The number of thiazole rings is 1. The van der Waals surface area contributed by atoms with E-state index < -0.39 is 17.6 Å². The summed E-state index contributed by atoms with van der Waals surface area (Å²) in [7, 11) is 0. The zero-order valence-electron chi connectivity index (χ0n) is 12.5. The number of benzene rings is 2. The highest BCUT2D eigenvalue weighted by molar-refractivity contribution is 7.12. The third-order valence-electron chi connectivity index (χ3n) is 3.62. The summed E-state index contributed by atoms with van der Waals surface area (Å²) in [6.45, 7) is 0. The maximum Gasteiger partial charge on any atom is 0.355 e. The first-order valence-corrected chi connectivity index (χ1v) is 8.04. The first-order chi connectivity index (χ1) is 12.0. The van der Waals surface area contributed by atoms with E-state index in [2.05, 4.69) is 10.1 Å². The van der Waals surface area contributed by atoms with E-state index in [4.69, 9.17) is 5.11 Å². The molecule has 2 heterocycles.